The molecule has 1 heterocycles. The summed E-state index contributed by atoms with van der Waals surface area (Å²) >= 11 is 0. The van der Waals surface area contributed by atoms with Crippen LogP contribution in [0.15, 0.2) is 30.6 Å². The second kappa shape index (κ2) is 5.74. The Kier molecular flexibility index (Phi) is 4.02. The highest BCUT2D eigenvalue weighted by atomic mass is 16.6. The molecular weight excluding hydrogens is 274 g/mol. The number of aryl methyl sites for hydroxylation is 2. The third kappa shape index (κ3) is 3.07. The molecule has 0 amide bonds. The Balaban J connectivity index is 2.43. The molecule has 0 saturated carbocycles. The van der Waals surface area contributed by atoms with E-state index in [4.69, 9.17) is 0 Å². The second-order valence-electron chi connectivity index (χ2n) is 4.91. The maximum Gasteiger partial charge on any atom is 0.385 e. The lowest BCUT2D eigenvalue weighted by molar-refractivity contribution is -0.390. The monoisotopic (exact) mass is 289 g/mol. The van der Waals surface area contributed by atoms with Crippen LogP contribution in [0.3, 0.4) is 0 Å². The molecule has 1 aromatic carbocycles. The van der Waals surface area contributed by atoms with Gasteiger partial charge >= 0.3 is 11.8 Å². The highest BCUT2D eigenvalue weighted by Crippen LogP contribution is 2.28. The lowest BCUT2D eigenvalue weighted by Gasteiger charge is -2.13. The van der Waals surface area contributed by atoms with Gasteiger partial charge in [0.05, 0.1) is 0 Å². The van der Waals surface area contributed by atoms with Gasteiger partial charge in [-0.25, -0.2) is 0 Å². The second-order valence-corrected chi connectivity index (χ2v) is 4.91. The van der Waals surface area contributed by atoms with Crippen LogP contribution < -0.4 is 0 Å². The van der Waals surface area contributed by atoms with Crippen LogP contribution in [-0.4, -0.2) is 25.6 Å². The third-order valence-electron chi connectivity index (χ3n) is 3.29. The van der Waals surface area contributed by atoms with E-state index in [1.54, 1.807) is 7.05 Å². The first-order valence-corrected chi connectivity index (χ1v) is 6.34. The average Bonchev–Trinajstić information content (AvgIpc) is 2.77. The van der Waals surface area contributed by atoms with Crippen molar-refractivity contribution in [2.45, 2.75) is 19.3 Å². The summed E-state index contributed by atoms with van der Waals surface area (Å²) in [4.78, 5) is 25.6. The molecule has 7 nitrogen and oxygen atoms in total. The summed E-state index contributed by atoms with van der Waals surface area (Å²) < 4.78 is 1.40. The number of rotatable bonds is 5. The van der Waals surface area contributed by atoms with Gasteiger partial charge in [0, 0.05) is 7.05 Å². The van der Waals surface area contributed by atoms with Gasteiger partial charge in [0.1, 0.15) is 11.6 Å². The van der Waals surface area contributed by atoms with E-state index in [0.29, 0.717) is 0 Å². The van der Waals surface area contributed by atoms with Crippen LogP contribution in [0.2, 0.25) is 0 Å². The van der Waals surface area contributed by atoms with Crippen LogP contribution in [-0.2, 0) is 18.3 Å². The minimum Gasteiger partial charge on any atom is -0.481 e. The number of carbonyl (C=O) groups is 1. The van der Waals surface area contributed by atoms with E-state index < -0.39 is 22.6 Å². The van der Waals surface area contributed by atoms with Crippen molar-refractivity contribution >= 4 is 11.8 Å². The topological polar surface area (TPSA) is 98.3 Å². The Morgan fingerprint density at radius 1 is 1.52 bits per heavy atom. The quantitative estimate of drug-likeness (QED) is 0.671. The highest BCUT2D eigenvalue weighted by molar-refractivity contribution is 5.77. The molecule has 1 unspecified atom stereocenters. The molecule has 0 aliphatic rings. The molecule has 0 radical (unpaired) electrons. The summed E-state index contributed by atoms with van der Waals surface area (Å²) in [5, 5.41) is 20.4. The summed E-state index contributed by atoms with van der Waals surface area (Å²) in [6, 6.07) is 7.43. The van der Waals surface area contributed by atoms with E-state index in [0.717, 1.165) is 11.1 Å². The molecule has 1 atom stereocenters. The first-order chi connectivity index (χ1) is 9.90. The lowest BCUT2D eigenvalue weighted by atomic mass is 9.95. The van der Waals surface area contributed by atoms with E-state index >= 15 is 0 Å². The largest absolute Gasteiger partial charge is 0.481 e. The molecule has 21 heavy (non-hydrogen) atoms. The van der Waals surface area contributed by atoms with Crippen molar-refractivity contribution in [3.8, 4) is 0 Å². The minimum atomic E-state index is -1.11. The lowest BCUT2D eigenvalue weighted by Crippen LogP contribution is -2.18. The molecule has 2 rings (SSSR count). The zero-order valence-corrected chi connectivity index (χ0v) is 11.7. The average molecular weight is 289 g/mol. The molecule has 1 N–H and O–H groups in total. The van der Waals surface area contributed by atoms with Crippen LogP contribution in [0.1, 0.15) is 22.7 Å². The van der Waals surface area contributed by atoms with Gasteiger partial charge in [0.15, 0.2) is 0 Å². The van der Waals surface area contributed by atoms with Crippen molar-refractivity contribution in [3.05, 3.63) is 57.5 Å². The van der Waals surface area contributed by atoms with Crippen LogP contribution in [0, 0.1) is 17.0 Å². The van der Waals surface area contributed by atoms with Crippen LogP contribution in [0.4, 0.5) is 5.82 Å². The first-order valence-electron chi connectivity index (χ1n) is 6.34. The molecule has 110 valence electrons. The molecule has 0 bridgehead atoms. The standard InChI is InChI=1S/C14H15N3O4/c1-9-4-3-5-10(6-9)7-11(14(18)19)12-13(17(20)21)15-8-16(12)2/h3-6,8,11H,7H2,1-2H3,(H,18,19). The fraction of sp³-hybridized carbons (Fsp3) is 0.286. The van der Waals surface area contributed by atoms with E-state index in [9.17, 15) is 20.0 Å². The molecular formula is C14H15N3O4. The van der Waals surface area contributed by atoms with Crippen molar-refractivity contribution in [1.29, 1.82) is 0 Å². The number of aromatic nitrogens is 2. The van der Waals surface area contributed by atoms with E-state index in [-0.39, 0.29) is 12.1 Å². The van der Waals surface area contributed by atoms with Crippen molar-refractivity contribution in [3.63, 3.8) is 0 Å². The number of benzene rings is 1. The van der Waals surface area contributed by atoms with Crippen molar-refractivity contribution in [1.82, 2.24) is 9.55 Å². The smallest absolute Gasteiger partial charge is 0.385 e. The van der Waals surface area contributed by atoms with Crippen molar-refractivity contribution < 1.29 is 14.8 Å². The zero-order valence-electron chi connectivity index (χ0n) is 11.7. The summed E-state index contributed by atoms with van der Waals surface area (Å²) in [6.45, 7) is 1.91. The molecule has 7 heteroatoms. The maximum absolute atomic E-state index is 11.6. The number of aliphatic carboxylic acids is 1. The molecule has 0 fully saturated rings. The molecule has 0 saturated heterocycles. The number of nitrogens with zero attached hydrogens (tertiary/aromatic N) is 3. The summed E-state index contributed by atoms with van der Waals surface area (Å²) in [7, 11) is 1.56. The van der Waals surface area contributed by atoms with Gasteiger partial charge in [0.25, 0.3) is 0 Å². The Bertz CT molecular complexity index is 693. The van der Waals surface area contributed by atoms with E-state index in [2.05, 4.69) is 4.98 Å². The van der Waals surface area contributed by atoms with Crippen LogP contribution in [0.5, 0.6) is 0 Å². The Morgan fingerprint density at radius 2 is 2.24 bits per heavy atom. The van der Waals surface area contributed by atoms with E-state index in [1.807, 2.05) is 31.2 Å². The minimum absolute atomic E-state index is 0.106. The number of imidazole rings is 1. The van der Waals surface area contributed by atoms with Gasteiger partial charge in [-0.1, -0.05) is 29.8 Å². The maximum atomic E-state index is 11.6. The van der Waals surface area contributed by atoms with Gasteiger partial charge in [-0.2, -0.15) is 0 Å². The van der Waals surface area contributed by atoms with Crippen molar-refractivity contribution in [2.75, 3.05) is 0 Å². The Hall–Kier alpha value is -2.70. The molecule has 1 aromatic heterocycles. The van der Waals surface area contributed by atoms with Gasteiger partial charge in [-0.05, 0) is 28.8 Å². The summed E-state index contributed by atoms with van der Waals surface area (Å²) in [6.07, 6.45) is 1.44. The number of carboxylic acid groups (broad SMARTS) is 1. The van der Waals surface area contributed by atoms with E-state index in [1.165, 1.54) is 10.9 Å². The molecule has 0 spiro atoms. The van der Waals surface area contributed by atoms with Crippen LogP contribution >= 0.6 is 0 Å². The normalized spacial score (nSPS) is 12.1. The number of carboxylic acids is 1. The Morgan fingerprint density at radius 3 is 2.81 bits per heavy atom. The fourth-order valence-electron chi connectivity index (χ4n) is 2.35. The van der Waals surface area contributed by atoms with Gasteiger partial charge in [0.2, 0.25) is 6.33 Å². The molecule has 0 aliphatic heterocycles. The van der Waals surface area contributed by atoms with Gasteiger partial charge < -0.3 is 19.8 Å². The molecule has 2 aromatic rings. The summed E-state index contributed by atoms with van der Waals surface area (Å²) in [5.74, 6) is -2.53. The molecule has 0 aliphatic carbocycles. The van der Waals surface area contributed by atoms with Gasteiger partial charge in [-0.15, -0.1) is 0 Å². The SMILES string of the molecule is Cc1cccc(CC(C(=O)O)c2c([N+](=O)[O-])ncn2C)c1. The van der Waals surface area contributed by atoms with Crippen LogP contribution in [0.25, 0.3) is 0 Å². The highest BCUT2D eigenvalue weighted by Gasteiger charge is 2.32. The van der Waals surface area contributed by atoms with Gasteiger partial charge in [-0.3, -0.25) is 4.79 Å². The van der Waals surface area contributed by atoms with Crippen molar-refractivity contribution in [2.24, 2.45) is 7.05 Å². The number of hydrogen-bond acceptors (Lipinski definition) is 4. The number of nitro groups is 1. The third-order valence-corrected chi connectivity index (χ3v) is 3.29. The summed E-state index contributed by atoms with van der Waals surface area (Å²) in [5.41, 5.74) is 1.93. The first kappa shape index (κ1) is 14.7. The Labute approximate surface area is 121 Å². The zero-order chi connectivity index (χ0) is 15.6. The fourth-order valence-corrected chi connectivity index (χ4v) is 2.35. The predicted octanol–water partition coefficient (Wildman–Crippen LogP) is 2.05. The number of hydrogen-bond donors (Lipinski definition) is 1. The predicted molar refractivity (Wildman–Crippen MR) is 75.1 cm³/mol.